The van der Waals surface area contributed by atoms with Gasteiger partial charge in [-0.2, -0.15) is 10.2 Å². The van der Waals surface area contributed by atoms with E-state index in [-0.39, 0.29) is 0 Å². The van der Waals surface area contributed by atoms with Crippen LogP contribution < -0.4 is 0 Å². The summed E-state index contributed by atoms with van der Waals surface area (Å²) >= 11 is 0. The maximum atomic E-state index is 4.01. The Morgan fingerprint density at radius 1 is 0.706 bits per heavy atom. The topological polar surface area (TPSA) is 24.7 Å². The molecule has 17 heavy (non-hydrogen) atoms. The summed E-state index contributed by atoms with van der Waals surface area (Å²) in [7, 11) is 0. The van der Waals surface area contributed by atoms with Gasteiger partial charge in [0.05, 0.1) is 12.4 Å². The molecular weight excluding hydrogens is 208 g/mol. The molecular formula is C15H14N2. The van der Waals surface area contributed by atoms with Gasteiger partial charge in [-0.05, 0) is 18.1 Å². The van der Waals surface area contributed by atoms with Crippen LogP contribution in [0.1, 0.15) is 16.7 Å². The molecule has 0 aliphatic heterocycles. The van der Waals surface area contributed by atoms with Crippen LogP contribution in [-0.4, -0.2) is 12.4 Å². The Kier molecular flexibility index (Phi) is 3.81. The van der Waals surface area contributed by atoms with Crippen LogP contribution in [0.15, 0.2) is 64.8 Å². The molecule has 0 aromatic heterocycles. The minimum absolute atomic E-state index is 1.05. The first-order valence-corrected chi connectivity index (χ1v) is 5.53. The zero-order valence-electron chi connectivity index (χ0n) is 9.75. The Hall–Kier alpha value is -2.22. The van der Waals surface area contributed by atoms with Gasteiger partial charge in [0.2, 0.25) is 0 Å². The molecule has 2 heteroatoms. The van der Waals surface area contributed by atoms with Gasteiger partial charge in [0.1, 0.15) is 0 Å². The van der Waals surface area contributed by atoms with Gasteiger partial charge in [0, 0.05) is 0 Å². The van der Waals surface area contributed by atoms with E-state index in [2.05, 4.69) is 29.3 Å². The highest BCUT2D eigenvalue weighted by Crippen LogP contribution is 2.00. The van der Waals surface area contributed by atoms with Crippen LogP contribution in [0.2, 0.25) is 0 Å². The summed E-state index contributed by atoms with van der Waals surface area (Å²) in [6.07, 6.45) is 3.49. The van der Waals surface area contributed by atoms with Crippen molar-refractivity contribution in [3.63, 3.8) is 0 Å². The first-order valence-electron chi connectivity index (χ1n) is 5.53. The van der Waals surface area contributed by atoms with E-state index in [1.165, 1.54) is 5.56 Å². The van der Waals surface area contributed by atoms with Gasteiger partial charge in [-0.15, -0.1) is 0 Å². The molecule has 0 radical (unpaired) electrons. The summed E-state index contributed by atoms with van der Waals surface area (Å²) in [6, 6.07) is 18.1. The van der Waals surface area contributed by atoms with Crippen LogP contribution in [-0.2, 0) is 0 Å². The first-order chi connectivity index (χ1) is 8.34. The van der Waals surface area contributed by atoms with E-state index >= 15 is 0 Å². The van der Waals surface area contributed by atoms with E-state index in [4.69, 9.17) is 0 Å². The molecule has 0 unspecified atom stereocenters. The van der Waals surface area contributed by atoms with Crippen LogP contribution in [0.25, 0.3) is 0 Å². The van der Waals surface area contributed by atoms with Crippen LogP contribution in [0.4, 0.5) is 0 Å². The highest BCUT2D eigenvalue weighted by Gasteiger charge is 1.86. The number of hydrogen-bond donors (Lipinski definition) is 0. The maximum Gasteiger partial charge on any atom is 0.0568 e. The van der Waals surface area contributed by atoms with Crippen molar-refractivity contribution in [2.45, 2.75) is 6.92 Å². The van der Waals surface area contributed by atoms with Crippen molar-refractivity contribution in [1.29, 1.82) is 0 Å². The van der Waals surface area contributed by atoms with Crippen molar-refractivity contribution >= 4 is 12.4 Å². The van der Waals surface area contributed by atoms with E-state index in [1.54, 1.807) is 12.4 Å². The fourth-order valence-electron chi connectivity index (χ4n) is 1.39. The third-order valence-electron chi connectivity index (χ3n) is 2.36. The van der Waals surface area contributed by atoms with Crippen molar-refractivity contribution in [2.24, 2.45) is 10.2 Å². The molecule has 0 N–H and O–H groups in total. The lowest BCUT2D eigenvalue weighted by Crippen LogP contribution is -1.81. The monoisotopic (exact) mass is 222 g/mol. The van der Waals surface area contributed by atoms with Crippen molar-refractivity contribution in [3.05, 3.63) is 71.3 Å². The van der Waals surface area contributed by atoms with E-state index in [9.17, 15) is 0 Å². The number of benzene rings is 2. The molecule has 0 fully saturated rings. The zero-order chi connectivity index (χ0) is 11.9. The van der Waals surface area contributed by atoms with E-state index in [1.807, 2.05) is 42.5 Å². The van der Waals surface area contributed by atoms with E-state index in [0.29, 0.717) is 0 Å². The Morgan fingerprint density at radius 2 is 1.24 bits per heavy atom. The molecule has 2 nitrogen and oxygen atoms in total. The molecule has 0 saturated carbocycles. The van der Waals surface area contributed by atoms with Crippen LogP contribution in [0, 0.1) is 6.92 Å². The predicted octanol–water partition coefficient (Wildman–Crippen LogP) is 3.45. The van der Waals surface area contributed by atoms with Crippen molar-refractivity contribution in [3.8, 4) is 0 Å². The second-order valence-electron chi connectivity index (χ2n) is 3.81. The Morgan fingerprint density at radius 3 is 1.82 bits per heavy atom. The largest absolute Gasteiger partial charge is 0.159 e. The lowest BCUT2D eigenvalue weighted by Gasteiger charge is -1.92. The smallest absolute Gasteiger partial charge is 0.0568 e. The van der Waals surface area contributed by atoms with Gasteiger partial charge in [0.25, 0.3) is 0 Å². The van der Waals surface area contributed by atoms with Gasteiger partial charge in [-0.3, -0.25) is 0 Å². The summed E-state index contributed by atoms with van der Waals surface area (Å²) in [5.74, 6) is 0. The number of hydrogen-bond acceptors (Lipinski definition) is 2. The zero-order valence-corrected chi connectivity index (χ0v) is 9.75. The summed E-state index contributed by atoms with van der Waals surface area (Å²) in [5.41, 5.74) is 3.35. The fraction of sp³-hybridized carbons (Fsp3) is 0.0667. The lowest BCUT2D eigenvalue weighted by molar-refractivity contribution is 1.26. The maximum absolute atomic E-state index is 4.01. The Balaban J connectivity index is 1.98. The lowest BCUT2D eigenvalue weighted by atomic mass is 10.2. The quantitative estimate of drug-likeness (QED) is 0.561. The number of aryl methyl sites for hydroxylation is 1. The van der Waals surface area contributed by atoms with Gasteiger partial charge in [0.15, 0.2) is 0 Å². The number of rotatable bonds is 3. The third-order valence-corrected chi connectivity index (χ3v) is 2.36. The minimum Gasteiger partial charge on any atom is -0.159 e. The Labute approximate surface area is 101 Å². The van der Waals surface area contributed by atoms with Gasteiger partial charge in [-0.1, -0.05) is 60.2 Å². The molecule has 0 bridgehead atoms. The summed E-state index contributed by atoms with van der Waals surface area (Å²) < 4.78 is 0. The van der Waals surface area contributed by atoms with Gasteiger partial charge in [-0.25, -0.2) is 0 Å². The van der Waals surface area contributed by atoms with Crippen LogP contribution in [0.5, 0.6) is 0 Å². The SMILES string of the molecule is Cc1ccc(/C=N\N=C/c2ccccc2)cc1. The summed E-state index contributed by atoms with van der Waals surface area (Å²) in [4.78, 5) is 0. The predicted molar refractivity (Wildman–Crippen MR) is 72.8 cm³/mol. The first kappa shape index (κ1) is 11.3. The normalized spacial score (nSPS) is 11.4. The van der Waals surface area contributed by atoms with Crippen molar-refractivity contribution in [2.75, 3.05) is 0 Å². The molecule has 84 valence electrons. The second kappa shape index (κ2) is 5.75. The Bertz CT molecular complexity index is 510. The average Bonchev–Trinajstić information content (AvgIpc) is 2.38. The summed E-state index contributed by atoms with van der Waals surface area (Å²) in [5, 5.41) is 8.01. The summed E-state index contributed by atoms with van der Waals surface area (Å²) in [6.45, 7) is 2.06. The molecule has 0 aliphatic rings. The molecule has 2 rings (SSSR count). The highest BCUT2D eigenvalue weighted by molar-refractivity contribution is 5.82. The van der Waals surface area contributed by atoms with Gasteiger partial charge < -0.3 is 0 Å². The van der Waals surface area contributed by atoms with Crippen LogP contribution >= 0.6 is 0 Å². The van der Waals surface area contributed by atoms with E-state index < -0.39 is 0 Å². The molecule has 2 aromatic rings. The molecule has 0 atom stereocenters. The molecule has 0 heterocycles. The molecule has 2 aromatic carbocycles. The van der Waals surface area contributed by atoms with Crippen molar-refractivity contribution in [1.82, 2.24) is 0 Å². The molecule has 0 amide bonds. The molecule has 0 saturated heterocycles. The molecule has 0 aliphatic carbocycles. The third kappa shape index (κ3) is 3.68. The van der Waals surface area contributed by atoms with E-state index in [0.717, 1.165) is 11.1 Å². The average molecular weight is 222 g/mol. The van der Waals surface area contributed by atoms with Crippen molar-refractivity contribution < 1.29 is 0 Å². The van der Waals surface area contributed by atoms with Crippen LogP contribution in [0.3, 0.4) is 0 Å². The standard InChI is InChI=1S/C15H14N2/c1-13-7-9-15(10-8-13)12-17-16-11-14-5-3-2-4-6-14/h2-12H,1H3/b16-11-,17-12-. The molecule has 0 spiro atoms. The minimum atomic E-state index is 1.05. The number of nitrogens with zero attached hydrogens (tertiary/aromatic N) is 2. The fourth-order valence-corrected chi connectivity index (χ4v) is 1.39. The van der Waals surface area contributed by atoms with Gasteiger partial charge >= 0.3 is 0 Å². The highest BCUT2D eigenvalue weighted by atomic mass is 15.2. The second-order valence-corrected chi connectivity index (χ2v) is 3.81.